The number of benzene rings is 1. The van der Waals surface area contributed by atoms with Crippen molar-refractivity contribution in [2.45, 2.75) is 19.6 Å². The molecule has 1 heterocycles. The number of nitrogens with zero attached hydrogens (tertiary/aromatic N) is 1. The van der Waals surface area contributed by atoms with Gasteiger partial charge in [-0.15, -0.1) is 11.3 Å². The smallest absolute Gasteiger partial charge is 0.416 e. The van der Waals surface area contributed by atoms with Crippen LogP contribution in [0.25, 0.3) is 12.2 Å². The zero-order valence-electron chi connectivity index (χ0n) is 14.1. The Morgan fingerprint density at radius 3 is 2.41 bits per heavy atom. The maximum Gasteiger partial charge on any atom is 0.416 e. The average Bonchev–Trinajstić information content (AvgIpc) is 2.83. The van der Waals surface area contributed by atoms with Gasteiger partial charge in [0.1, 0.15) is 11.2 Å². The Balaban J connectivity index is 2.55. The number of nitrogens with two attached hydrogens (primary N) is 1. The molecule has 0 bridgehead atoms. The van der Waals surface area contributed by atoms with Gasteiger partial charge in [0.2, 0.25) is 5.91 Å². The Hall–Kier alpha value is -2.88. The molecule has 0 atom stereocenters. The molecule has 0 saturated heterocycles. The SMILES string of the molecule is CCOC(=O)C=c1sc(=Cc2ccc(C(F)(F)F)cc2)c(=O)n1CC(N)=O. The topological polar surface area (TPSA) is 91.4 Å². The Kier molecular flexibility index (Phi) is 6.21. The maximum absolute atomic E-state index is 12.6. The van der Waals surface area contributed by atoms with Crippen LogP contribution < -0.4 is 20.5 Å². The van der Waals surface area contributed by atoms with Crippen molar-refractivity contribution < 1.29 is 27.5 Å². The zero-order valence-corrected chi connectivity index (χ0v) is 14.9. The number of rotatable bonds is 5. The number of primary amides is 1. The van der Waals surface area contributed by atoms with E-state index < -0.39 is 35.7 Å². The molecule has 27 heavy (non-hydrogen) atoms. The highest BCUT2D eigenvalue weighted by Crippen LogP contribution is 2.29. The Morgan fingerprint density at radius 1 is 1.26 bits per heavy atom. The summed E-state index contributed by atoms with van der Waals surface area (Å²) in [6.07, 6.45) is -2.03. The molecule has 0 spiro atoms. The third kappa shape index (κ3) is 5.30. The maximum atomic E-state index is 12.6. The molecule has 1 aromatic heterocycles. The predicted molar refractivity (Wildman–Crippen MR) is 93.1 cm³/mol. The van der Waals surface area contributed by atoms with Crippen LogP contribution in [0, 0.1) is 0 Å². The van der Waals surface area contributed by atoms with Crippen molar-refractivity contribution in [3.05, 3.63) is 54.9 Å². The number of alkyl halides is 3. The number of carbonyl (C=O) groups excluding carboxylic acids is 2. The molecule has 144 valence electrons. The minimum absolute atomic E-state index is 0.130. The van der Waals surface area contributed by atoms with Crippen LogP contribution in [-0.2, 0) is 27.0 Å². The highest BCUT2D eigenvalue weighted by Gasteiger charge is 2.29. The summed E-state index contributed by atoms with van der Waals surface area (Å²) in [5.74, 6) is -1.48. The lowest BCUT2D eigenvalue weighted by Crippen LogP contribution is -2.36. The highest BCUT2D eigenvalue weighted by atomic mass is 32.1. The molecule has 2 rings (SSSR count). The van der Waals surface area contributed by atoms with Gasteiger partial charge in [-0.2, -0.15) is 13.2 Å². The fourth-order valence-electron chi connectivity index (χ4n) is 2.15. The van der Waals surface area contributed by atoms with E-state index in [1.807, 2.05) is 0 Å². The first kappa shape index (κ1) is 20.4. The molecular formula is C17H15F3N2O4S. The van der Waals surface area contributed by atoms with Crippen molar-refractivity contribution in [3.63, 3.8) is 0 Å². The molecule has 0 aliphatic carbocycles. The first-order valence-corrected chi connectivity index (χ1v) is 8.49. The minimum Gasteiger partial charge on any atom is -0.463 e. The normalized spacial score (nSPS) is 13.0. The molecule has 0 aliphatic heterocycles. The second-order valence-electron chi connectivity index (χ2n) is 5.32. The first-order chi connectivity index (χ1) is 12.6. The minimum atomic E-state index is -4.46. The third-order valence-electron chi connectivity index (χ3n) is 3.31. The monoisotopic (exact) mass is 400 g/mol. The number of aromatic nitrogens is 1. The largest absolute Gasteiger partial charge is 0.463 e. The highest BCUT2D eigenvalue weighted by molar-refractivity contribution is 7.07. The second-order valence-corrected chi connectivity index (χ2v) is 6.38. The molecule has 0 saturated carbocycles. The van der Waals surface area contributed by atoms with Crippen molar-refractivity contribution in [2.75, 3.05) is 6.61 Å². The van der Waals surface area contributed by atoms with E-state index in [2.05, 4.69) is 0 Å². The van der Waals surface area contributed by atoms with Crippen LogP contribution in [-0.4, -0.2) is 23.1 Å². The number of esters is 1. The summed E-state index contributed by atoms with van der Waals surface area (Å²) in [6, 6.07) is 4.23. The van der Waals surface area contributed by atoms with Gasteiger partial charge in [-0.25, -0.2) is 4.79 Å². The van der Waals surface area contributed by atoms with Crippen LogP contribution in [0.2, 0.25) is 0 Å². The number of hydrogen-bond acceptors (Lipinski definition) is 5. The van der Waals surface area contributed by atoms with Crippen molar-refractivity contribution in [3.8, 4) is 0 Å². The summed E-state index contributed by atoms with van der Waals surface area (Å²) in [6.45, 7) is 1.30. The van der Waals surface area contributed by atoms with E-state index in [4.69, 9.17) is 10.5 Å². The van der Waals surface area contributed by atoms with Crippen molar-refractivity contribution in [2.24, 2.45) is 5.73 Å². The molecule has 0 unspecified atom stereocenters. The van der Waals surface area contributed by atoms with E-state index in [1.54, 1.807) is 6.92 Å². The summed E-state index contributed by atoms with van der Waals surface area (Å²) < 4.78 is 43.9. The average molecular weight is 400 g/mol. The number of halogens is 3. The van der Waals surface area contributed by atoms with Gasteiger partial charge in [-0.05, 0) is 30.7 Å². The van der Waals surface area contributed by atoms with Crippen LogP contribution in [0.1, 0.15) is 18.1 Å². The zero-order chi connectivity index (χ0) is 20.2. The van der Waals surface area contributed by atoms with Crippen molar-refractivity contribution in [1.29, 1.82) is 0 Å². The van der Waals surface area contributed by atoms with E-state index >= 15 is 0 Å². The van der Waals surface area contributed by atoms with Gasteiger partial charge in [0.25, 0.3) is 5.56 Å². The fourth-order valence-corrected chi connectivity index (χ4v) is 3.18. The second kappa shape index (κ2) is 8.21. The molecule has 1 amide bonds. The van der Waals surface area contributed by atoms with Gasteiger partial charge in [0, 0.05) is 0 Å². The van der Waals surface area contributed by atoms with E-state index in [1.165, 1.54) is 18.2 Å². The van der Waals surface area contributed by atoms with E-state index in [9.17, 15) is 27.6 Å². The number of hydrogen-bond donors (Lipinski definition) is 1. The molecule has 2 N–H and O–H groups in total. The van der Waals surface area contributed by atoms with Gasteiger partial charge in [-0.3, -0.25) is 14.2 Å². The van der Waals surface area contributed by atoms with E-state index in [-0.39, 0.29) is 15.8 Å². The quantitative estimate of drug-likeness (QED) is 0.744. The summed E-state index contributed by atoms with van der Waals surface area (Å²) in [7, 11) is 0. The summed E-state index contributed by atoms with van der Waals surface area (Å²) in [5, 5.41) is 0. The van der Waals surface area contributed by atoms with E-state index in [0.29, 0.717) is 5.56 Å². The lowest BCUT2D eigenvalue weighted by Gasteiger charge is -2.05. The van der Waals surface area contributed by atoms with Gasteiger partial charge in [-0.1, -0.05) is 12.1 Å². The van der Waals surface area contributed by atoms with Crippen LogP contribution in [0.3, 0.4) is 0 Å². The van der Waals surface area contributed by atoms with Crippen molar-refractivity contribution >= 4 is 35.4 Å². The van der Waals surface area contributed by atoms with Gasteiger partial charge in [0.15, 0.2) is 0 Å². The Labute approximate surface area is 155 Å². The lowest BCUT2D eigenvalue weighted by molar-refractivity contribution is -0.137. The molecule has 0 aliphatic rings. The van der Waals surface area contributed by atoms with Gasteiger partial charge in [0.05, 0.1) is 22.8 Å². The molecule has 2 aromatic rings. The number of thiazole rings is 1. The Bertz CT molecular complexity index is 1020. The molecule has 6 nitrogen and oxygen atoms in total. The van der Waals surface area contributed by atoms with Crippen LogP contribution in [0.4, 0.5) is 13.2 Å². The van der Waals surface area contributed by atoms with Crippen LogP contribution in [0.5, 0.6) is 0 Å². The molecule has 0 fully saturated rings. The molecule has 10 heteroatoms. The van der Waals surface area contributed by atoms with Gasteiger partial charge >= 0.3 is 12.1 Å². The van der Waals surface area contributed by atoms with Crippen molar-refractivity contribution in [1.82, 2.24) is 4.57 Å². The molecular weight excluding hydrogens is 385 g/mol. The fraction of sp³-hybridized carbons (Fsp3) is 0.235. The van der Waals surface area contributed by atoms with E-state index in [0.717, 1.165) is 34.1 Å². The number of ether oxygens (including phenoxy) is 1. The third-order valence-corrected chi connectivity index (χ3v) is 4.37. The summed E-state index contributed by atoms with van der Waals surface area (Å²) in [5.41, 5.74) is 4.09. The summed E-state index contributed by atoms with van der Waals surface area (Å²) >= 11 is 0.895. The standard InChI is InChI=1S/C17H15F3N2O4S/c1-2-26-15(24)8-14-22(9-13(21)23)16(25)12(27-14)7-10-3-5-11(6-4-10)17(18,19)20/h3-8H,2,9H2,1H3,(H2,21,23). The number of carbonyl (C=O) groups is 2. The molecule has 0 radical (unpaired) electrons. The lowest BCUT2D eigenvalue weighted by atomic mass is 10.1. The Morgan fingerprint density at radius 2 is 1.89 bits per heavy atom. The van der Waals surface area contributed by atoms with Gasteiger partial charge < -0.3 is 10.5 Å². The number of amides is 1. The summed E-state index contributed by atoms with van der Waals surface area (Å²) in [4.78, 5) is 35.3. The van der Waals surface area contributed by atoms with Crippen LogP contribution in [0.15, 0.2) is 29.1 Å². The molecule has 1 aromatic carbocycles. The predicted octanol–water partition coefficient (Wildman–Crippen LogP) is 0.586. The van der Waals surface area contributed by atoms with Crippen LogP contribution >= 0.6 is 11.3 Å². The first-order valence-electron chi connectivity index (χ1n) is 7.67.